The largest absolute Gasteiger partial charge is 0.367 e. The molecule has 0 unspecified atom stereocenters. The highest BCUT2D eigenvalue weighted by Crippen LogP contribution is 2.16. The fourth-order valence-electron chi connectivity index (χ4n) is 1.05. The summed E-state index contributed by atoms with van der Waals surface area (Å²) in [7, 11) is 0. The smallest absolute Gasteiger partial charge is 0.330 e. The van der Waals surface area contributed by atoms with E-state index in [1.807, 2.05) is 20.8 Å². The zero-order chi connectivity index (χ0) is 10.8. The van der Waals surface area contributed by atoms with Gasteiger partial charge in [0.25, 0.3) is 0 Å². The molecule has 0 atom stereocenters. The molecule has 1 aliphatic heterocycles. The van der Waals surface area contributed by atoms with Crippen LogP contribution in [-0.4, -0.2) is 42.2 Å². The molecular weight excluding hydrogens is 182 g/mol. The first-order valence-electron chi connectivity index (χ1n) is 4.86. The Hall–Kier alpha value is -0.650. The van der Waals surface area contributed by atoms with Gasteiger partial charge in [0.05, 0.1) is 5.41 Å². The van der Waals surface area contributed by atoms with Gasteiger partial charge in [-0.1, -0.05) is 0 Å². The molecule has 0 bridgehead atoms. The quantitative estimate of drug-likeness (QED) is 0.604. The highest BCUT2D eigenvalue weighted by atomic mass is 16.7. The molecule has 14 heavy (non-hydrogen) atoms. The molecule has 0 aliphatic carbocycles. The number of hydroxylamine groups is 2. The molecule has 0 aromatic heterocycles. The lowest BCUT2D eigenvalue weighted by Crippen LogP contribution is -2.50. The Morgan fingerprint density at radius 1 is 1.21 bits per heavy atom. The molecule has 0 spiro atoms. The van der Waals surface area contributed by atoms with Crippen molar-refractivity contribution in [3.8, 4) is 0 Å². The minimum atomic E-state index is -0.445. The van der Waals surface area contributed by atoms with Gasteiger partial charge < -0.3 is 4.84 Å². The number of hydrogen-bond acceptors (Lipinski definition) is 5. The Kier molecular flexibility index (Phi) is 3.47. The van der Waals surface area contributed by atoms with Crippen LogP contribution in [0.4, 0.5) is 0 Å². The molecule has 0 saturated carbocycles. The van der Waals surface area contributed by atoms with Gasteiger partial charge in [-0.2, -0.15) is 0 Å². The van der Waals surface area contributed by atoms with E-state index in [2.05, 4.69) is 0 Å². The topological polar surface area (TPSA) is 58.8 Å². The van der Waals surface area contributed by atoms with Crippen LogP contribution in [0.3, 0.4) is 0 Å². The van der Waals surface area contributed by atoms with Crippen molar-refractivity contribution in [1.82, 2.24) is 10.1 Å². The summed E-state index contributed by atoms with van der Waals surface area (Å²) in [5.74, 6) is 5.39. The zero-order valence-corrected chi connectivity index (χ0v) is 9.12. The maximum atomic E-state index is 11.5. The fourth-order valence-corrected chi connectivity index (χ4v) is 1.05. The van der Waals surface area contributed by atoms with Gasteiger partial charge in [0.1, 0.15) is 0 Å². The van der Waals surface area contributed by atoms with Crippen LogP contribution in [0.1, 0.15) is 20.8 Å². The Labute approximate surface area is 84.7 Å². The number of carbonyl (C=O) groups excluding carboxylic acids is 1. The van der Waals surface area contributed by atoms with Crippen LogP contribution in [-0.2, 0) is 9.63 Å². The molecule has 0 aromatic rings. The molecule has 0 aromatic carbocycles. The third-order valence-corrected chi connectivity index (χ3v) is 2.10. The van der Waals surface area contributed by atoms with Gasteiger partial charge in [-0.15, -0.1) is 5.06 Å². The summed E-state index contributed by atoms with van der Waals surface area (Å²) >= 11 is 0. The van der Waals surface area contributed by atoms with E-state index in [9.17, 15) is 4.79 Å². The number of hydrogen-bond donors (Lipinski definition) is 1. The monoisotopic (exact) mass is 201 g/mol. The summed E-state index contributed by atoms with van der Waals surface area (Å²) in [5.41, 5.74) is -0.445. The standard InChI is InChI=1S/C9H19N3O2/c1-9(2,3)8(13)14-12-6-4-11(10)5-7-12/h4-7,10H2,1-3H3. The van der Waals surface area contributed by atoms with E-state index < -0.39 is 5.41 Å². The summed E-state index contributed by atoms with van der Waals surface area (Å²) in [6, 6.07) is 0. The van der Waals surface area contributed by atoms with E-state index >= 15 is 0 Å². The van der Waals surface area contributed by atoms with Crippen molar-refractivity contribution in [3.63, 3.8) is 0 Å². The van der Waals surface area contributed by atoms with E-state index in [-0.39, 0.29) is 5.97 Å². The third-order valence-electron chi connectivity index (χ3n) is 2.10. The Morgan fingerprint density at radius 2 is 1.71 bits per heavy atom. The second-order valence-corrected chi connectivity index (χ2v) is 4.59. The van der Waals surface area contributed by atoms with E-state index in [1.165, 1.54) is 0 Å². The number of nitrogens with two attached hydrogens (primary N) is 1. The number of piperazine rings is 1. The molecule has 1 heterocycles. The lowest BCUT2D eigenvalue weighted by molar-refractivity contribution is -0.207. The van der Waals surface area contributed by atoms with Gasteiger partial charge in [0, 0.05) is 26.2 Å². The molecule has 1 rings (SSSR count). The zero-order valence-electron chi connectivity index (χ0n) is 9.12. The fraction of sp³-hybridized carbons (Fsp3) is 0.889. The normalized spacial score (nSPS) is 20.9. The van der Waals surface area contributed by atoms with Crippen LogP contribution in [0, 0.1) is 5.41 Å². The minimum Gasteiger partial charge on any atom is -0.367 e. The summed E-state index contributed by atoms with van der Waals surface area (Å²) in [6.45, 7) is 8.35. The highest BCUT2D eigenvalue weighted by Gasteiger charge is 2.27. The molecule has 5 heteroatoms. The molecule has 5 nitrogen and oxygen atoms in total. The maximum Gasteiger partial charge on any atom is 0.330 e. The minimum absolute atomic E-state index is 0.192. The second-order valence-electron chi connectivity index (χ2n) is 4.59. The van der Waals surface area contributed by atoms with E-state index in [0.717, 1.165) is 13.1 Å². The van der Waals surface area contributed by atoms with Gasteiger partial charge >= 0.3 is 5.97 Å². The van der Waals surface area contributed by atoms with Crippen molar-refractivity contribution in [1.29, 1.82) is 0 Å². The van der Waals surface area contributed by atoms with Gasteiger partial charge in [-0.3, -0.25) is 5.84 Å². The van der Waals surface area contributed by atoms with Crippen molar-refractivity contribution in [2.45, 2.75) is 20.8 Å². The van der Waals surface area contributed by atoms with Crippen LogP contribution >= 0.6 is 0 Å². The van der Waals surface area contributed by atoms with Gasteiger partial charge in [-0.05, 0) is 20.8 Å². The van der Waals surface area contributed by atoms with Crippen molar-refractivity contribution in [2.75, 3.05) is 26.2 Å². The number of rotatable bonds is 1. The molecule has 1 aliphatic rings. The van der Waals surface area contributed by atoms with Gasteiger partial charge in [0.15, 0.2) is 0 Å². The summed E-state index contributed by atoms with van der Waals surface area (Å²) in [4.78, 5) is 16.7. The SMILES string of the molecule is CC(C)(C)C(=O)ON1CCN(N)CC1. The van der Waals surface area contributed by atoms with Crippen LogP contribution in [0.5, 0.6) is 0 Å². The molecule has 2 N–H and O–H groups in total. The Bertz CT molecular complexity index is 205. The highest BCUT2D eigenvalue weighted by molar-refractivity contribution is 5.75. The molecule has 0 radical (unpaired) electrons. The van der Waals surface area contributed by atoms with Crippen molar-refractivity contribution in [2.24, 2.45) is 11.3 Å². The molecule has 1 saturated heterocycles. The van der Waals surface area contributed by atoms with Crippen molar-refractivity contribution >= 4 is 5.97 Å². The van der Waals surface area contributed by atoms with Gasteiger partial charge in [0.2, 0.25) is 0 Å². The van der Waals surface area contributed by atoms with Crippen molar-refractivity contribution < 1.29 is 9.63 Å². The summed E-state index contributed by atoms with van der Waals surface area (Å²) in [5, 5.41) is 3.40. The maximum absolute atomic E-state index is 11.5. The predicted octanol–water partition coefficient (Wildman–Crippen LogP) is -0.0180. The summed E-state index contributed by atoms with van der Waals surface area (Å²) < 4.78 is 0. The first-order chi connectivity index (χ1) is 6.39. The molecule has 1 fully saturated rings. The Balaban J connectivity index is 2.35. The lowest BCUT2D eigenvalue weighted by Gasteiger charge is -2.32. The third kappa shape index (κ3) is 3.25. The first-order valence-corrected chi connectivity index (χ1v) is 4.86. The lowest BCUT2D eigenvalue weighted by atomic mass is 9.98. The predicted molar refractivity (Wildman–Crippen MR) is 52.9 cm³/mol. The summed E-state index contributed by atoms with van der Waals surface area (Å²) in [6.07, 6.45) is 0. The van der Waals surface area contributed by atoms with Crippen molar-refractivity contribution in [3.05, 3.63) is 0 Å². The average Bonchev–Trinajstić information content (AvgIpc) is 2.07. The number of nitrogens with zero attached hydrogens (tertiary/aromatic N) is 2. The second kappa shape index (κ2) is 4.25. The average molecular weight is 201 g/mol. The van der Waals surface area contributed by atoms with Crippen LogP contribution in [0.2, 0.25) is 0 Å². The Morgan fingerprint density at radius 3 is 2.14 bits per heavy atom. The first kappa shape index (κ1) is 11.4. The number of hydrazine groups is 1. The molecule has 82 valence electrons. The van der Waals surface area contributed by atoms with Crippen LogP contribution < -0.4 is 5.84 Å². The van der Waals surface area contributed by atoms with E-state index in [4.69, 9.17) is 10.7 Å². The van der Waals surface area contributed by atoms with E-state index in [1.54, 1.807) is 10.1 Å². The van der Waals surface area contributed by atoms with Gasteiger partial charge in [-0.25, -0.2) is 9.80 Å². The number of carbonyl (C=O) groups is 1. The van der Waals surface area contributed by atoms with E-state index in [0.29, 0.717) is 13.1 Å². The van der Waals surface area contributed by atoms with Crippen LogP contribution in [0.25, 0.3) is 0 Å². The molecular formula is C9H19N3O2. The van der Waals surface area contributed by atoms with Crippen LogP contribution in [0.15, 0.2) is 0 Å². The molecule has 0 amide bonds.